The van der Waals surface area contributed by atoms with Gasteiger partial charge < -0.3 is 9.31 Å². The Bertz CT molecular complexity index is 579. The lowest BCUT2D eigenvalue weighted by Crippen LogP contribution is -2.41. The molecular formula is C13H20BNO4S. The molecule has 0 unspecified atom stereocenters. The standard InChI is InChI=1S/C13H20BNO4S/c1-6-20(16,17)10-7-8-11(15-9-10)14-18-12(2,3)13(4,5)19-14/h7-9H,6H2,1-5H3. The highest BCUT2D eigenvalue weighted by atomic mass is 32.2. The molecule has 1 fully saturated rings. The molecule has 1 aromatic rings. The Hall–Kier alpha value is -0.915. The van der Waals surface area contributed by atoms with E-state index in [1.54, 1.807) is 19.1 Å². The zero-order valence-electron chi connectivity index (χ0n) is 12.5. The van der Waals surface area contributed by atoms with E-state index < -0.39 is 28.2 Å². The van der Waals surface area contributed by atoms with Crippen LogP contribution in [0.25, 0.3) is 0 Å². The highest BCUT2D eigenvalue weighted by Gasteiger charge is 2.52. The Kier molecular flexibility index (Phi) is 3.73. The Balaban J connectivity index is 2.25. The van der Waals surface area contributed by atoms with Crippen molar-refractivity contribution >= 4 is 22.5 Å². The predicted molar refractivity (Wildman–Crippen MR) is 77.7 cm³/mol. The maximum Gasteiger partial charge on any atom is 0.514 e. The number of aromatic nitrogens is 1. The van der Waals surface area contributed by atoms with Crippen molar-refractivity contribution in [3.05, 3.63) is 18.3 Å². The molecule has 0 spiro atoms. The van der Waals surface area contributed by atoms with Gasteiger partial charge in [-0.2, -0.15) is 0 Å². The maximum absolute atomic E-state index is 11.7. The molecule has 0 amide bonds. The minimum absolute atomic E-state index is 0.0600. The van der Waals surface area contributed by atoms with Gasteiger partial charge in [0, 0.05) is 6.20 Å². The second kappa shape index (κ2) is 4.82. The molecule has 0 aliphatic carbocycles. The number of nitrogens with zero attached hydrogens (tertiary/aromatic N) is 1. The van der Waals surface area contributed by atoms with Crippen molar-refractivity contribution in [2.45, 2.75) is 50.7 Å². The van der Waals surface area contributed by atoms with Crippen molar-refractivity contribution in [3.63, 3.8) is 0 Å². The van der Waals surface area contributed by atoms with E-state index in [0.29, 0.717) is 5.59 Å². The van der Waals surface area contributed by atoms with Crippen LogP contribution in [0.3, 0.4) is 0 Å². The van der Waals surface area contributed by atoms with Crippen molar-refractivity contribution < 1.29 is 17.7 Å². The lowest BCUT2D eigenvalue weighted by atomic mass is 9.84. The number of sulfone groups is 1. The molecule has 1 aliphatic heterocycles. The average Bonchev–Trinajstić information content (AvgIpc) is 2.59. The van der Waals surface area contributed by atoms with E-state index in [0.717, 1.165) is 0 Å². The fourth-order valence-corrected chi connectivity index (χ4v) is 2.67. The molecule has 1 aliphatic rings. The SMILES string of the molecule is CCS(=O)(=O)c1ccc(B2OC(C)(C)C(C)(C)O2)nc1. The van der Waals surface area contributed by atoms with Gasteiger partial charge in [-0.15, -0.1) is 0 Å². The number of rotatable bonds is 3. The van der Waals surface area contributed by atoms with Crippen LogP contribution < -0.4 is 5.59 Å². The highest BCUT2D eigenvalue weighted by molar-refractivity contribution is 7.91. The van der Waals surface area contributed by atoms with Crippen molar-refractivity contribution in [3.8, 4) is 0 Å². The van der Waals surface area contributed by atoms with Crippen LogP contribution in [-0.4, -0.2) is 37.5 Å². The van der Waals surface area contributed by atoms with E-state index in [2.05, 4.69) is 4.98 Å². The third-order valence-corrected chi connectivity index (χ3v) is 5.71. The van der Waals surface area contributed by atoms with Crippen LogP contribution in [0.4, 0.5) is 0 Å². The van der Waals surface area contributed by atoms with Crippen molar-refractivity contribution in [1.29, 1.82) is 0 Å². The summed E-state index contributed by atoms with van der Waals surface area (Å²) in [5.74, 6) is 0.0600. The monoisotopic (exact) mass is 297 g/mol. The summed E-state index contributed by atoms with van der Waals surface area (Å²) < 4.78 is 35.2. The second-order valence-electron chi connectivity index (χ2n) is 5.91. The van der Waals surface area contributed by atoms with Crippen LogP contribution in [0, 0.1) is 0 Å². The molecule has 5 nitrogen and oxygen atoms in total. The molecule has 0 N–H and O–H groups in total. The Labute approximate surface area is 120 Å². The molecule has 7 heteroatoms. The average molecular weight is 297 g/mol. The summed E-state index contributed by atoms with van der Waals surface area (Å²) in [4.78, 5) is 4.40. The van der Waals surface area contributed by atoms with Gasteiger partial charge in [-0.05, 0) is 39.8 Å². The summed E-state index contributed by atoms with van der Waals surface area (Å²) in [7, 11) is -3.80. The Morgan fingerprint density at radius 3 is 2.10 bits per heavy atom. The molecule has 2 rings (SSSR count). The number of pyridine rings is 1. The van der Waals surface area contributed by atoms with E-state index in [1.165, 1.54) is 6.20 Å². The fraction of sp³-hybridized carbons (Fsp3) is 0.615. The molecule has 110 valence electrons. The van der Waals surface area contributed by atoms with E-state index in [9.17, 15) is 8.42 Å². The van der Waals surface area contributed by atoms with Crippen LogP contribution in [0.5, 0.6) is 0 Å². The van der Waals surface area contributed by atoms with E-state index in [-0.39, 0.29) is 10.6 Å². The van der Waals surface area contributed by atoms with Gasteiger partial charge in [-0.1, -0.05) is 6.92 Å². The lowest BCUT2D eigenvalue weighted by molar-refractivity contribution is 0.00578. The number of hydrogen-bond acceptors (Lipinski definition) is 5. The first-order valence-corrected chi connectivity index (χ1v) is 8.28. The van der Waals surface area contributed by atoms with Gasteiger partial charge in [0.05, 0.1) is 27.4 Å². The summed E-state index contributed by atoms with van der Waals surface area (Å²) >= 11 is 0. The van der Waals surface area contributed by atoms with E-state index in [1.807, 2.05) is 27.7 Å². The van der Waals surface area contributed by atoms with Crippen LogP contribution in [0.1, 0.15) is 34.6 Å². The van der Waals surface area contributed by atoms with Crippen LogP contribution >= 0.6 is 0 Å². The van der Waals surface area contributed by atoms with Gasteiger partial charge in [0.15, 0.2) is 9.84 Å². The predicted octanol–water partition coefficient (Wildman–Crippen LogP) is 1.17. The molecule has 1 aromatic heterocycles. The van der Waals surface area contributed by atoms with Crippen LogP contribution in [0.2, 0.25) is 0 Å². The quantitative estimate of drug-likeness (QED) is 0.784. The lowest BCUT2D eigenvalue weighted by Gasteiger charge is -2.32. The summed E-state index contributed by atoms with van der Waals surface area (Å²) in [6, 6.07) is 3.19. The first-order chi connectivity index (χ1) is 9.09. The summed E-state index contributed by atoms with van der Waals surface area (Å²) in [5, 5.41) is 0. The molecule has 0 bridgehead atoms. The van der Waals surface area contributed by atoms with E-state index >= 15 is 0 Å². The third-order valence-electron chi connectivity index (χ3n) is 3.99. The zero-order chi connectivity index (χ0) is 15.2. The first-order valence-electron chi connectivity index (χ1n) is 6.63. The highest BCUT2D eigenvalue weighted by Crippen LogP contribution is 2.36. The number of hydrogen-bond donors (Lipinski definition) is 0. The molecule has 1 saturated heterocycles. The molecule has 2 heterocycles. The van der Waals surface area contributed by atoms with Gasteiger partial charge >= 0.3 is 7.12 Å². The van der Waals surface area contributed by atoms with Gasteiger partial charge in [0.25, 0.3) is 0 Å². The summed E-state index contributed by atoms with van der Waals surface area (Å²) in [5.41, 5.74) is -0.292. The normalized spacial score (nSPS) is 21.1. The zero-order valence-corrected chi connectivity index (χ0v) is 13.3. The van der Waals surface area contributed by atoms with E-state index in [4.69, 9.17) is 9.31 Å². The molecule has 0 aromatic carbocycles. The second-order valence-corrected chi connectivity index (χ2v) is 8.19. The topological polar surface area (TPSA) is 65.5 Å². The molecule has 20 heavy (non-hydrogen) atoms. The van der Waals surface area contributed by atoms with Crippen molar-refractivity contribution in [2.75, 3.05) is 5.75 Å². The summed E-state index contributed by atoms with van der Waals surface area (Å²) in [6.45, 7) is 9.45. The molecule has 0 radical (unpaired) electrons. The fourth-order valence-electron chi connectivity index (χ4n) is 1.85. The molecule has 0 atom stereocenters. The van der Waals surface area contributed by atoms with Crippen molar-refractivity contribution in [2.24, 2.45) is 0 Å². The van der Waals surface area contributed by atoms with Crippen molar-refractivity contribution in [1.82, 2.24) is 4.98 Å². The van der Waals surface area contributed by atoms with Gasteiger partial charge in [-0.3, -0.25) is 4.98 Å². The van der Waals surface area contributed by atoms with Gasteiger partial charge in [0.2, 0.25) is 0 Å². The molecular weight excluding hydrogens is 277 g/mol. The Morgan fingerprint density at radius 1 is 1.15 bits per heavy atom. The minimum atomic E-state index is -3.23. The summed E-state index contributed by atoms with van der Waals surface area (Å²) in [6.07, 6.45) is 1.36. The smallest absolute Gasteiger partial charge is 0.398 e. The van der Waals surface area contributed by atoms with Gasteiger partial charge in [0.1, 0.15) is 0 Å². The first kappa shape index (κ1) is 15.5. The molecule has 0 saturated carbocycles. The minimum Gasteiger partial charge on any atom is -0.398 e. The largest absolute Gasteiger partial charge is 0.514 e. The third kappa shape index (κ3) is 2.62. The maximum atomic E-state index is 11.7. The van der Waals surface area contributed by atoms with Gasteiger partial charge in [-0.25, -0.2) is 8.42 Å². The van der Waals surface area contributed by atoms with Crippen LogP contribution in [0.15, 0.2) is 23.2 Å². The Morgan fingerprint density at radius 2 is 1.70 bits per heavy atom. The van der Waals surface area contributed by atoms with Crippen LogP contribution in [-0.2, 0) is 19.1 Å².